The zero-order chi connectivity index (χ0) is 15.3. The van der Waals surface area contributed by atoms with Crippen molar-refractivity contribution in [3.63, 3.8) is 0 Å². The van der Waals surface area contributed by atoms with E-state index in [4.69, 9.17) is 9.47 Å². The molecule has 0 saturated carbocycles. The summed E-state index contributed by atoms with van der Waals surface area (Å²) in [5, 5.41) is 9.70. The highest BCUT2D eigenvalue weighted by molar-refractivity contribution is 5.11. The van der Waals surface area contributed by atoms with Gasteiger partial charge in [-0.25, -0.2) is 0 Å². The highest BCUT2D eigenvalue weighted by Crippen LogP contribution is 2.31. The number of nitrogens with zero attached hydrogens (tertiary/aromatic N) is 3. The Morgan fingerprint density at radius 2 is 2.05 bits per heavy atom. The van der Waals surface area contributed by atoms with Gasteiger partial charge in [-0.15, -0.1) is 0 Å². The smallest absolute Gasteiger partial charge is 0.114 e. The Balaban J connectivity index is 1.81. The summed E-state index contributed by atoms with van der Waals surface area (Å²) < 4.78 is 11.2. The maximum atomic E-state index is 9.70. The predicted octanol–water partition coefficient (Wildman–Crippen LogP) is 1.49. The van der Waals surface area contributed by atoms with Crippen LogP contribution in [0.15, 0.2) is 0 Å². The van der Waals surface area contributed by atoms with Crippen molar-refractivity contribution in [3.8, 4) is 6.07 Å². The van der Waals surface area contributed by atoms with Gasteiger partial charge in [0.1, 0.15) is 5.54 Å². The zero-order valence-electron chi connectivity index (χ0n) is 13.7. The molecule has 5 heteroatoms. The number of ether oxygens (including phenoxy) is 2. The van der Waals surface area contributed by atoms with Crippen molar-refractivity contribution in [1.29, 1.82) is 5.26 Å². The first-order valence-corrected chi connectivity index (χ1v) is 8.17. The monoisotopic (exact) mass is 295 g/mol. The number of hydrogen-bond donors (Lipinski definition) is 0. The topological polar surface area (TPSA) is 48.7 Å². The molecule has 0 aromatic carbocycles. The second kappa shape index (κ2) is 7.55. The average Bonchev–Trinajstić information content (AvgIpc) is 2.47. The van der Waals surface area contributed by atoms with Crippen LogP contribution in [0.2, 0.25) is 0 Å². The number of rotatable bonds is 5. The van der Waals surface area contributed by atoms with Crippen molar-refractivity contribution in [2.75, 3.05) is 45.9 Å². The van der Waals surface area contributed by atoms with E-state index in [2.05, 4.69) is 36.6 Å². The van der Waals surface area contributed by atoms with Gasteiger partial charge in [-0.2, -0.15) is 5.26 Å². The normalized spacial score (nSPS) is 32.2. The molecule has 2 rings (SSSR count). The molecule has 2 aliphatic heterocycles. The Morgan fingerprint density at radius 1 is 1.33 bits per heavy atom. The van der Waals surface area contributed by atoms with Gasteiger partial charge in [0.05, 0.1) is 24.9 Å². The second-order valence-corrected chi connectivity index (χ2v) is 6.53. The van der Waals surface area contributed by atoms with Crippen LogP contribution in [0.3, 0.4) is 0 Å². The molecule has 2 heterocycles. The third-order valence-corrected chi connectivity index (χ3v) is 4.59. The van der Waals surface area contributed by atoms with Gasteiger partial charge in [-0.05, 0) is 20.8 Å². The predicted molar refractivity (Wildman–Crippen MR) is 82.1 cm³/mol. The van der Waals surface area contributed by atoms with Crippen LogP contribution in [-0.4, -0.2) is 73.5 Å². The van der Waals surface area contributed by atoms with Gasteiger partial charge in [0.15, 0.2) is 0 Å². The summed E-state index contributed by atoms with van der Waals surface area (Å²) in [5.74, 6) is 0. The van der Waals surface area contributed by atoms with Crippen LogP contribution in [0.5, 0.6) is 0 Å². The molecule has 21 heavy (non-hydrogen) atoms. The van der Waals surface area contributed by atoms with Crippen LogP contribution in [0.25, 0.3) is 0 Å². The Hall–Kier alpha value is -0.670. The van der Waals surface area contributed by atoms with E-state index in [-0.39, 0.29) is 11.6 Å². The van der Waals surface area contributed by atoms with Crippen molar-refractivity contribution in [2.24, 2.45) is 0 Å². The van der Waals surface area contributed by atoms with Crippen molar-refractivity contribution >= 4 is 0 Å². The fourth-order valence-corrected chi connectivity index (χ4v) is 3.34. The van der Waals surface area contributed by atoms with Crippen LogP contribution >= 0.6 is 0 Å². The van der Waals surface area contributed by atoms with E-state index in [1.807, 2.05) is 0 Å². The quantitative estimate of drug-likeness (QED) is 0.769. The summed E-state index contributed by atoms with van der Waals surface area (Å²) in [6.45, 7) is 12.7. The number of piperazine rings is 1. The fourth-order valence-electron chi connectivity index (χ4n) is 3.34. The highest BCUT2D eigenvalue weighted by atomic mass is 16.5. The molecule has 0 amide bonds. The summed E-state index contributed by atoms with van der Waals surface area (Å²) >= 11 is 0. The second-order valence-electron chi connectivity index (χ2n) is 6.53. The molecule has 0 aromatic rings. The summed E-state index contributed by atoms with van der Waals surface area (Å²) in [7, 11) is 0. The first-order chi connectivity index (χ1) is 10.1. The van der Waals surface area contributed by atoms with Gasteiger partial charge in [-0.1, -0.05) is 0 Å². The van der Waals surface area contributed by atoms with Gasteiger partial charge >= 0.3 is 0 Å². The van der Waals surface area contributed by atoms with E-state index >= 15 is 0 Å². The van der Waals surface area contributed by atoms with Crippen LogP contribution in [0.1, 0.15) is 33.6 Å². The van der Waals surface area contributed by atoms with Gasteiger partial charge < -0.3 is 9.47 Å². The molecule has 0 spiro atoms. The van der Waals surface area contributed by atoms with Crippen LogP contribution in [-0.2, 0) is 9.47 Å². The summed E-state index contributed by atoms with van der Waals surface area (Å²) in [4.78, 5) is 4.82. The highest BCUT2D eigenvalue weighted by Gasteiger charge is 2.42. The summed E-state index contributed by atoms with van der Waals surface area (Å²) in [5.41, 5.74) is -0.307. The number of hydrogen-bond acceptors (Lipinski definition) is 5. The largest absolute Gasteiger partial charge is 0.378 e. The Kier molecular flexibility index (Phi) is 6.00. The lowest BCUT2D eigenvalue weighted by molar-refractivity contribution is -0.0575. The molecule has 2 unspecified atom stereocenters. The van der Waals surface area contributed by atoms with Crippen molar-refractivity contribution in [2.45, 2.75) is 51.4 Å². The first-order valence-electron chi connectivity index (χ1n) is 8.17. The molecule has 120 valence electrons. The minimum Gasteiger partial charge on any atom is -0.378 e. The van der Waals surface area contributed by atoms with E-state index in [9.17, 15) is 5.26 Å². The third-order valence-electron chi connectivity index (χ3n) is 4.59. The van der Waals surface area contributed by atoms with Crippen LogP contribution in [0.4, 0.5) is 0 Å². The van der Waals surface area contributed by atoms with E-state index in [1.54, 1.807) is 0 Å². The van der Waals surface area contributed by atoms with E-state index in [1.165, 1.54) is 0 Å². The lowest BCUT2D eigenvalue weighted by atomic mass is 9.86. The standard InChI is InChI=1S/C16H29N3O2/c1-14(2)20-11-9-18-5-7-19(8-6-18)16(13-17)4-10-21-15(3)12-16/h14-15H,4-12H2,1-3H3. The van der Waals surface area contributed by atoms with Gasteiger partial charge in [0.2, 0.25) is 0 Å². The fraction of sp³-hybridized carbons (Fsp3) is 0.938. The molecule has 2 fully saturated rings. The molecule has 2 saturated heterocycles. The van der Waals surface area contributed by atoms with Crippen molar-refractivity contribution in [3.05, 3.63) is 0 Å². The Labute approximate surface area is 128 Å². The molecule has 0 radical (unpaired) electrons. The molecule has 0 aromatic heterocycles. The molecular formula is C16H29N3O2. The Bertz CT molecular complexity index is 361. The van der Waals surface area contributed by atoms with Gasteiger partial charge in [0, 0.05) is 52.2 Å². The van der Waals surface area contributed by atoms with E-state index in [0.717, 1.165) is 52.2 Å². The summed E-state index contributed by atoms with van der Waals surface area (Å²) in [6, 6.07) is 2.59. The maximum absolute atomic E-state index is 9.70. The van der Waals surface area contributed by atoms with Gasteiger partial charge in [0.25, 0.3) is 0 Å². The molecule has 2 aliphatic rings. The molecular weight excluding hydrogens is 266 g/mol. The molecule has 2 atom stereocenters. The average molecular weight is 295 g/mol. The van der Waals surface area contributed by atoms with E-state index < -0.39 is 0 Å². The van der Waals surface area contributed by atoms with Gasteiger partial charge in [-0.3, -0.25) is 9.80 Å². The molecule has 5 nitrogen and oxygen atoms in total. The Morgan fingerprint density at radius 3 is 2.62 bits per heavy atom. The third kappa shape index (κ3) is 4.40. The molecule has 0 N–H and O–H groups in total. The minimum atomic E-state index is -0.307. The molecule has 0 bridgehead atoms. The van der Waals surface area contributed by atoms with Crippen LogP contribution in [0, 0.1) is 11.3 Å². The van der Waals surface area contributed by atoms with Crippen molar-refractivity contribution in [1.82, 2.24) is 9.80 Å². The van der Waals surface area contributed by atoms with E-state index in [0.29, 0.717) is 12.7 Å². The van der Waals surface area contributed by atoms with Crippen LogP contribution < -0.4 is 0 Å². The maximum Gasteiger partial charge on any atom is 0.114 e. The molecule has 0 aliphatic carbocycles. The number of nitriles is 1. The van der Waals surface area contributed by atoms with Crippen molar-refractivity contribution < 1.29 is 9.47 Å². The SMILES string of the molecule is CC(C)OCCN1CCN(C2(C#N)CCOC(C)C2)CC1. The zero-order valence-corrected chi connectivity index (χ0v) is 13.7. The lowest BCUT2D eigenvalue weighted by Gasteiger charge is -2.46. The first kappa shape index (κ1) is 16.7. The summed E-state index contributed by atoms with van der Waals surface area (Å²) in [6.07, 6.45) is 2.16. The minimum absolute atomic E-state index is 0.191. The lowest BCUT2D eigenvalue weighted by Crippen LogP contribution is -2.59.